The highest BCUT2D eigenvalue weighted by Gasteiger charge is 2.34. The van der Waals surface area contributed by atoms with Gasteiger partial charge in [-0.05, 0) is 18.9 Å². The summed E-state index contributed by atoms with van der Waals surface area (Å²) in [5, 5.41) is 0. The molecule has 106 valence electrons. The van der Waals surface area contributed by atoms with E-state index < -0.39 is 19.4 Å². The van der Waals surface area contributed by atoms with Gasteiger partial charge in [-0.1, -0.05) is 25.8 Å². The lowest BCUT2D eigenvalue weighted by Gasteiger charge is -2.21. The fourth-order valence-corrected chi connectivity index (χ4v) is 2.56. The van der Waals surface area contributed by atoms with E-state index in [4.69, 9.17) is 13.8 Å². The normalized spacial score (nSPS) is 13.8. The average molecular weight is 278 g/mol. The molecule has 0 aromatic rings. The van der Waals surface area contributed by atoms with Gasteiger partial charge in [0, 0.05) is 21.1 Å². The van der Waals surface area contributed by atoms with Gasteiger partial charge in [0.25, 0.3) is 0 Å². The third-order valence-corrected chi connectivity index (χ3v) is 4.30. The minimum atomic E-state index is -3.43. The van der Waals surface area contributed by atoms with Crippen LogP contribution in [0, 0.1) is 0 Å². The molecule has 0 N–H and O–H groups in total. The van der Waals surface area contributed by atoms with Crippen LogP contribution in [0.2, 0.25) is 0 Å². The first-order valence-corrected chi connectivity index (χ1v) is 7.66. The number of hydrogen-bond donors (Lipinski definition) is 0. The lowest BCUT2D eigenvalue weighted by Crippen LogP contribution is -2.16. The van der Waals surface area contributed by atoms with E-state index in [-0.39, 0.29) is 0 Å². The quantitative estimate of drug-likeness (QED) is 0.279. The van der Waals surface area contributed by atoms with Crippen LogP contribution in [0.1, 0.15) is 39.5 Å². The van der Waals surface area contributed by atoms with Crippen molar-refractivity contribution < 1.29 is 23.1 Å². The molecular formula is C12H23O5P. The Morgan fingerprint density at radius 2 is 1.89 bits per heavy atom. The van der Waals surface area contributed by atoms with Crippen LogP contribution in [-0.2, 0) is 23.1 Å². The van der Waals surface area contributed by atoms with Gasteiger partial charge in [0.05, 0.1) is 0 Å². The monoisotopic (exact) mass is 278 g/mol. The number of ether oxygens (including phenoxy) is 1. The summed E-state index contributed by atoms with van der Waals surface area (Å²) in [4.78, 5) is 11.0. The number of hydrogen-bond acceptors (Lipinski definition) is 5. The van der Waals surface area contributed by atoms with Crippen molar-refractivity contribution in [2.45, 2.75) is 45.4 Å². The van der Waals surface area contributed by atoms with Crippen LogP contribution in [0.4, 0.5) is 0 Å². The summed E-state index contributed by atoms with van der Waals surface area (Å²) >= 11 is 0. The first-order chi connectivity index (χ1) is 8.50. The number of carbonyl (C=O) groups is 1. The molecule has 0 aromatic heterocycles. The molecule has 18 heavy (non-hydrogen) atoms. The molecule has 0 saturated heterocycles. The zero-order chi connectivity index (χ0) is 14.0. The van der Waals surface area contributed by atoms with Gasteiger partial charge in [0.1, 0.15) is 0 Å². The lowest BCUT2D eigenvalue weighted by atomic mass is 10.2. The van der Waals surface area contributed by atoms with E-state index >= 15 is 0 Å². The lowest BCUT2D eigenvalue weighted by molar-refractivity contribution is -0.142. The molecule has 0 spiro atoms. The van der Waals surface area contributed by atoms with E-state index in [0.29, 0.717) is 0 Å². The third-order valence-electron chi connectivity index (χ3n) is 2.38. The van der Waals surface area contributed by atoms with E-state index in [2.05, 4.69) is 6.92 Å². The molecule has 6 heteroatoms. The van der Waals surface area contributed by atoms with E-state index in [9.17, 15) is 9.36 Å². The van der Waals surface area contributed by atoms with Crippen molar-refractivity contribution in [2.24, 2.45) is 0 Å². The average Bonchev–Trinajstić information content (AvgIpc) is 2.35. The standard InChI is InChI=1S/C12H23O5P/c1-5-6-7-8-9-10-12(17-11(2)13)18(14,15-3)16-4/h9-10,12H,5-8H2,1-4H3/b10-9+/t12-/m1/s1. The summed E-state index contributed by atoms with van der Waals surface area (Å²) in [6.45, 7) is 3.38. The molecular weight excluding hydrogens is 255 g/mol. The van der Waals surface area contributed by atoms with E-state index in [1.54, 1.807) is 6.08 Å². The zero-order valence-corrected chi connectivity index (χ0v) is 12.4. The van der Waals surface area contributed by atoms with Crippen molar-refractivity contribution in [2.75, 3.05) is 14.2 Å². The van der Waals surface area contributed by atoms with Crippen LogP contribution in [0.15, 0.2) is 12.2 Å². The van der Waals surface area contributed by atoms with Gasteiger partial charge in [0.15, 0.2) is 0 Å². The van der Waals surface area contributed by atoms with Crippen LogP contribution in [0.3, 0.4) is 0 Å². The largest absolute Gasteiger partial charge is 0.445 e. The van der Waals surface area contributed by atoms with Gasteiger partial charge in [-0.15, -0.1) is 0 Å². The van der Waals surface area contributed by atoms with Crippen molar-refractivity contribution in [3.05, 3.63) is 12.2 Å². The third kappa shape index (κ3) is 6.34. The Bertz CT molecular complexity index is 306. The van der Waals surface area contributed by atoms with Crippen molar-refractivity contribution in [1.82, 2.24) is 0 Å². The number of allylic oxidation sites excluding steroid dienone is 1. The summed E-state index contributed by atoms with van der Waals surface area (Å²) in [6.07, 6.45) is 7.58. The maximum atomic E-state index is 12.1. The van der Waals surface area contributed by atoms with Crippen molar-refractivity contribution in [1.29, 1.82) is 0 Å². The highest BCUT2D eigenvalue weighted by molar-refractivity contribution is 7.54. The number of esters is 1. The fourth-order valence-electron chi connectivity index (χ4n) is 1.39. The maximum Gasteiger partial charge on any atom is 0.374 e. The van der Waals surface area contributed by atoms with Gasteiger partial charge in [-0.25, -0.2) is 0 Å². The highest BCUT2D eigenvalue weighted by atomic mass is 31.2. The van der Waals surface area contributed by atoms with Crippen molar-refractivity contribution in [3.8, 4) is 0 Å². The molecule has 0 rings (SSSR count). The first-order valence-electron chi connectivity index (χ1n) is 6.05. The van der Waals surface area contributed by atoms with Crippen LogP contribution < -0.4 is 0 Å². The molecule has 0 fully saturated rings. The SMILES string of the molecule is CCCCC/C=C/[C@H](OC(C)=O)P(=O)(OC)OC. The molecule has 0 unspecified atom stereocenters. The number of carbonyl (C=O) groups excluding carboxylic acids is 1. The molecule has 0 aliphatic carbocycles. The Balaban J connectivity index is 4.58. The van der Waals surface area contributed by atoms with Crippen LogP contribution in [0.5, 0.6) is 0 Å². The molecule has 0 heterocycles. The summed E-state index contributed by atoms with van der Waals surface area (Å²) in [6, 6.07) is 0. The first kappa shape index (κ1) is 17.4. The van der Waals surface area contributed by atoms with Crippen LogP contribution >= 0.6 is 7.60 Å². The summed E-state index contributed by atoms with van der Waals surface area (Å²) in [7, 11) is -0.892. The van der Waals surface area contributed by atoms with Crippen molar-refractivity contribution in [3.63, 3.8) is 0 Å². The number of rotatable bonds is 9. The summed E-state index contributed by atoms with van der Waals surface area (Å²) in [5.41, 5.74) is 0. The molecule has 5 nitrogen and oxygen atoms in total. The smallest absolute Gasteiger partial charge is 0.374 e. The Morgan fingerprint density at radius 3 is 2.33 bits per heavy atom. The van der Waals surface area contributed by atoms with Gasteiger partial charge in [-0.3, -0.25) is 9.36 Å². The number of unbranched alkanes of at least 4 members (excludes halogenated alkanes) is 3. The topological polar surface area (TPSA) is 61.8 Å². The van der Waals surface area contributed by atoms with Gasteiger partial charge in [0.2, 0.25) is 5.85 Å². The predicted molar refractivity (Wildman–Crippen MR) is 70.5 cm³/mol. The van der Waals surface area contributed by atoms with Crippen LogP contribution in [-0.4, -0.2) is 26.0 Å². The molecule has 0 amide bonds. The molecule has 1 atom stereocenters. The van der Waals surface area contributed by atoms with Gasteiger partial charge >= 0.3 is 13.6 Å². The second kappa shape index (κ2) is 9.31. The zero-order valence-electron chi connectivity index (χ0n) is 11.5. The highest BCUT2D eigenvalue weighted by Crippen LogP contribution is 2.52. The van der Waals surface area contributed by atoms with E-state index in [1.165, 1.54) is 21.1 Å². The predicted octanol–water partition coefficient (Wildman–Crippen LogP) is 3.50. The fraction of sp³-hybridized carbons (Fsp3) is 0.750. The molecule has 0 radical (unpaired) electrons. The molecule has 0 bridgehead atoms. The second-order valence-corrected chi connectivity index (χ2v) is 6.15. The van der Waals surface area contributed by atoms with E-state index in [0.717, 1.165) is 25.7 Å². The summed E-state index contributed by atoms with van der Waals surface area (Å²) in [5.74, 6) is -1.50. The minimum absolute atomic E-state index is 0.521. The molecule has 0 aliphatic rings. The Labute approximate surface area is 109 Å². The Hall–Kier alpha value is -0.640. The Morgan fingerprint density at radius 1 is 1.28 bits per heavy atom. The summed E-state index contributed by atoms with van der Waals surface area (Å²) < 4.78 is 26.8. The van der Waals surface area contributed by atoms with Gasteiger partial charge < -0.3 is 13.8 Å². The second-order valence-electron chi connectivity index (χ2n) is 3.83. The molecule has 0 saturated carbocycles. The van der Waals surface area contributed by atoms with Crippen molar-refractivity contribution >= 4 is 13.6 Å². The molecule has 0 aromatic carbocycles. The minimum Gasteiger partial charge on any atom is -0.445 e. The van der Waals surface area contributed by atoms with Crippen LogP contribution in [0.25, 0.3) is 0 Å². The van der Waals surface area contributed by atoms with E-state index in [1.807, 2.05) is 6.08 Å². The maximum absolute atomic E-state index is 12.1. The molecule has 0 aliphatic heterocycles. The Kier molecular flexibility index (Phi) is 8.98. The van der Waals surface area contributed by atoms with Gasteiger partial charge in [-0.2, -0.15) is 0 Å².